The van der Waals surface area contributed by atoms with E-state index in [-0.39, 0.29) is 6.10 Å². The molecule has 0 saturated carbocycles. The van der Waals surface area contributed by atoms with Gasteiger partial charge in [-0.05, 0) is 29.8 Å². The van der Waals surface area contributed by atoms with Crippen LogP contribution in [-0.2, 0) is 18.3 Å². The number of ether oxygens (including phenoxy) is 1. The number of hydrogen-bond acceptors (Lipinski definition) is 5. The Labute approximate surface area is 169 Å². The fourth-order valence-corrected chi connectivity index (χ4v) is 3.92. The Morgan fingerprint density at radius 1 is 1.10 bits per heavy atom. The second-order valence-corrected chi connectivity index (χ2v) is 7.43. The highest BCUT2D eigenvalue weighted by Crippen LogP contribution is 2.26. The van der Waals surface area contributed by atoms with Crippen LogP contribution in [0.2, 0.25) is 0 Å². The van der Waals surface area contributed by atoms with Crippen molar-refractivity contribution in [2.45, 2.75) is 12.6 Å². The van der Waals surface area contributed by atoms with Gasteiger partial charge >= 0.3 is 0 Å². The third-order valence-electron chi connectivity index (χ3n) is 5.38. The lowest BCUT2D eigenvalue weighted by Gasteiger charge is -2.33. The first-order chi connectivity index (χ1) is 14.3. The van der Waals surface area contributed by atoms with Crippen LogP contribution in [0.1, 0.15) is 17.4 Å². The molecule has 6 heteroatoms. The van der Waals surface area contributed by atoms with Gasteiger partial charge in [0.05, 0.1) is 29.7 Å². The maximum Gasteiger partial charge on any atom is 0.112 e. The molecule has 0 bridgehead atoms. The molecule has 29 heavy (non-hydrogen) atoms. The quantitative estimate of drug-likeness (QED) is 0.537. The van der Waals surface area contributed by atoms with Gasteiger partial charge in [0, 0.05) is 50.0 Å². The Bertz CT molecular complexity index is 1130. The molecule has 146 valence electrons. The summed E-state index contributed by atoms with van der Waals surface area (Å²) in [6.07, 6.45) is 5.63. The summed E-state index contributed by atoms with van der Waals surface area (Å²) in [4.78, 5) is 11.8. The van der Waals surface area contributed by atoms with E-state index in [1.165, 1.54) is 10.9 Å². The Kier molecular flexibility index (Phi) is 4.79. The molecule has 1 fully saturated rings. The number of benzene rings is 1. The minimum absolute atomic E-state index is 0.0338. The summed E-state index contributed by atoms with van der Waals surface area (Å²) in [6.45, 7) is 3.31. The van der Waals surface area contributed by atoms with Crippen molar-refractivity contribution in [2.75, 3.05) is 19.7 Å². The van der Waals surface area contributed by atoms with Gasteiger partial charge in [0.15, 0.2) is 0 Å². The predicted molar refractivity (Wildman–Crippen MR) is 112 cm³/mol. The molecule has 1 aromatic carbocycles. The van der Waals surface area contributed by atoms with E-state index in [0.717, 1.165) is 42.1 Å². The van der Waals surface area contributed by atoms with Crippen LogP contribution in [0, 0.1) is 0 Å². The van der Waals surface area contributed by atoms with Crippen LogP contribution in [0.3, 0.4) is 0 Å². The lowest BCUT2D eigenvalue weighted by Crippen LogP contribution is -2.38. The van der Waals surface area contributed by atoms with Crippen molar-refractivity contribution in [3.8, 4) is 11.3 Å². The molecule has 4 aromatic rings. The van der Waals surface area contributed by atoms with Crippen molar-refractivity contribution >= 4 is 10.9 Å². The fraction of sp³-hybridized carbons (Fsp3) is 0.261. The average molecular weight is 385 g/mol. The first-order valence-electron chi connectivity index (χ1n) is 9.89. The van der Waals surface area contributed by atoms with Gasteiger partial charge in [-0.25, -0.2) is 4.98 Å². The van der Waals surface area contributed by atoms with Gasteiger partial charge in [0.25, 0.3) is 0 Å². The number of aryl methyl sites for hydroxylation is 1. The highest BCUT2D eigenvalue weighted by atomic mass is 16.5. The monoisotopic (exact) mass is 385 g/mol. The Hall–Kier alpha value is -3.09. The van der Waals surface area contributed by atoms with Gasteiger partial charge in [-0.3, -0.25) is 14.6 Å². The van der Waals surface area contributed by atoms with Gasteiger partial charge in [-0.2, -0.15) is 5.10 Å². The molecule has 0 amide bonds. The van der Waals surface area contributed by atoms with E-state index in [1.54, 1.807) is 4.68 Å². The first-order valence-corrected chi connectivity index (χ1v) is 9.89. The molecule has 0 N–H and O–H groups in total. The number of rotatable bonds is 4. The van der Waals surface area contributed by atoms with E-state index in [0.29, 0.717) is 6.61 Å². The molecular formula is C23H23N5O. The Morgan fingerprint density at radius 2 is 2.03 bits per heavy atom. The Morgan fingerprint density at radius 3 is 2.93 bits per heavy atom. The summed E-state index contributed by atoms with van der Waals surface area (Å²) in [5.41, 5.74) is 5.26. The van der Waals surface area contributed by atoms with Gasteiger partial charge in [0.2, 0.25) is 0 Å². The maximum atomic E-state index is 6.08. The SMILES string of the molecule is Cn1cc(-c2cccc([C@@H]3CN(Cc4cccc5ncccc45)CCO3)n2)cn1. The van der Waals surface area contributed by atoms with Crippen LogP contribution in [0.15, 0.2) is 67.1 Å². The van der Waals surface area contributed by atoms with Crippen LogP contribution >= 0.6 is 0 Å². The molecule has 1 atom stereocenters. The van der Waals surface area contributed by atoms with Gasteiger partial charge < -0.3 is 4.74 Å². The summed E-state index contributed by atoms with van der Waals surface area (Å²) in [7, 11) is 1.91. The summed E-state index contributed by atoms with van der Waals surface area (Å²) in [5, 5.41) is 5.47. The topological polar surface area (TPSA) is 56.1 Å². The first kappa shape index (κ1) is 18.0. The standard InChI is InChI=1S/C23H23N5O/c1-27-14-18(13-25-27)20-7-3-9-22(26-20)23-16-28(11-12-29-23)15-17-5-2-8-21-19(17)6-4-10-24-21/h2-10,13-14,23H,11-12,15-16H2,1H3/t23-/m0/s1. The fourth-order valence-electron chi connectivity index (χ4n) is 3.92. The van der Waals surface area contributed by atoms with Crippen molar-refractivity contribution in [1.29, 1.82) is 0 Å². The summed E-state index contributed by atoms with van der Waals surface area (Å²) < 4.78 is 7.87. The zero-order chi connectivity index (χ0) is 19.6. The molecule has 0 aliphatic carbocycles. The van der Waals surface area contributed by atoms with Crippen molar-refractivity contribution < 1.29 is 4.74 Å². The number of pyridine rings is 2. The van der Waals surface area contributed by atoms with E-state index >= 15 is 0 Å². The molecule has 1 saturated heterocycles. The highest BCUT2D eigenvalue weighted by molar-refractivity contribution is 5.81. The lowest BCUT2D eigenvalue weighted by atomic mass is 10.1. The molecule has 0 spiro atoms. The van der Waals surface area contributed by atoms with Gasteiger partial charge in [-0.1, -0.05) is 24.3 Å². The van der Waals surface area contributed by atoms with Crippen molar-refractivity contribution in [2.24, 2.45) is 7.05 Å². The second kappa shape index (κ2) is 7.73. The van der Waals surface area contributed by atoms with E-state index in [4.69, 9.17) is 9.72 Å². The maximum absolute atomic E-state index is 6.08. The van der Waals surface area contributed by atoms with Crippen molar-refractivity contribution in [1.82, 2.24) is 24.6 Å². The van der Waals surface area contributed by atoms with Crippen LogP contribution in [0.25, 0.3) is 22.2 Å². The highest BCUT2D eigenvalue weighted by Gasteiger charge is 2.24. The smallest absolute Gasteiger partial charge is 0.112 e. The van der Waals surface area contributed by atoms with E-state index < -0.39 is 0 Å². The molecule has 3 aromatic heterocycles. The molecule has 6 nitrogen and oxygen atoms in total. The summed E-state index contributed by atoms with van der Waals surface area (Å²) in [5.74, 6) is 0. The average Bonchev–Trinajstić information content (AvgIpc) is 3.21. The van der Waals surface area contributed by atoms with Crippen LogP contribution in [-0.4, -0.2) is 44.3 Å². The van der Waals surface area contributed by atoms with Gasteiger partial charge in [-0.15, -0.1) is 0 Å². The lowest BCUT2D eigenvalue weighted by molar-refractivity contribution is -0.0348. The van der Waals surface area contributed by atoms with Crippen molar-refractivity contribution in [3.05, 3.63) is 78.4 Å². The molecule has 5 rings (SSSR count). The normalized spacial score (nSPS) is 17.6. The molecular weight excluding hydrogens is 362 g/mol. The largest absolute Gasteiger partial charge is 0.369 e. The number of nitrogens with zero attached hydrogens (tertiary/aromatic N) is 5. The molecule has 1 aliphatic heterocycles. The Balaban J connectivity index is 1.36. The number of morpholine rings is 1. The van der Waals surface area contributed by atoms with Crippen LogP contribution in [0.5, 0.6) is 0 Å². The molecule has 0 radical (unpaired) electrons. The minimum Gasteiger partial charge on any atom is -0.369 e. The number of fused-ring (bicyclic) bond motifs is 1. The number of aromatic nitrogens is 4. The predicted octanol–water partition coefficient (Wildman–Crippen LogP) is 3.60. The van der Waals surface area contributed by atoms with E-state index in [2.05, 4.69) is 45.3 Å². The van der Waals surface area contributed by atoms with Crippen LogP contribution in [0.4, 0.5) is 0 Å². The molecule has 1 aliphatic rings. The summed E-state index contributed by atoms with van der Waals surface area (Å²) in [6, 6.07) is 16.6. The van der Waals surface area contributed by atoms with Crippen LogP contribution < -0.4 is 0 Å². The number of hydrogen-bond donors (Lipinski definition) is 0. The third-order valence-corrected chi connectivity index (χ3v) is 5.38. The zero-order valence-electron chi connectivity index (χ0n) is 16.4. The second-order valence-electron chi connectivity index (χ2n) is 7.43. The summed E-state index contributed by atoms with van der Waals surface area (Å²) >= 11 is 0. The molecule has 0 unspecified atom stereocenters. The minimum atomic E-state index is -0.0338. The molecule has 4 heterocycles. The van der Waals surface area contributed by atoms with E-state index in [1.807, 2.05) is 43.8 Å². The van der Waals surface area contributed by atoms with Gasteiger partial charge in [0.1, 0.15) is 6.10 Å². The van der Waals surface area contributed by atoms with E-state index in [9.17, 15) is 0 Å². The zero-order valence-corrected chi connectivity index (χ0v) is 16.4. The van der Waals surface area contributed by atoms with Crippen molar-refractivity contribution in [3.63, 3.8) is 0 Å². The third kappa shape index (κ3) is 3.77.